The highest BCUT2D eigenvalue weighted by atomic mass is 14.9. The van der Waals surface area contributed by atoms with Gasteiger partial charge in [0.2, 0.25) is 0 Å². The highest BCUT2D eigenvalue weighted by Crippen LogP contribution is 2.42. The van der Waals surface area contributed by atoms with Crippen LogP contribution in [0.25, 0.3) is 0 Å². The summed E-state index contributed by atoms with van der Waals surface area (Å²) in [4.78, 5) is 9.21. The van der Waals surface area contributed by atoms with Gasteiger partial charge in [-0.05, 0) is 19.4 Å². The van der Waals surface area contributed by atoms with Crippen LogP contribution in [0.5, 0.6) is 0 Å². The van der Waals surface area contributed by atoms with Crippen LogP contribution in [0.3, 0.4) is 0 Å². The maximum absolute atomic E-state index is 4.61. The predicted octanol–water partition coefficient (Wildman–Crippen LogP) is 2.03. The number of aliphatic imine (C=N–C) groups is 2. The quantitative estimate of drug-likeness (QED) is 0.517. The fourth-order valence-electron chi connectivity index (χ4n) is 2.74. The van der Waals surface area contributed by atoms with Crippen molar-refractivity contribution in [1.29, 1.82) is 0 Å². The molecule has 2 atom stereocenters. The zero-order valence-electron chi connectivity index (χ0n) is 8.62. The summed E-state index contributed by atoms with van der Waals surface area (Å²) in [7, 11) is 0. The average Bonchev–Trinajstić information content (AvgIpc) is 2.73. The Morgan fingerprint density at radius 3 is 2.00 bits per heavy atom. The second kappa shape index (κ2) is 2.66. The van der Waals surface area contributed by atoms with E-state index >= 15 is 0 Å². The Morgan fingerprint density at radius 2 is 1.57 bits per heavy atom. The summed E-state index contributed by atoms with van der Waals surface area (Å²) >= 11 is 0. The van der Waals surface area contributed by atoms with Crippen molar-refractivity contribution in [2.75, 3.05) is 13.1 Å². The standard InChI is InChI=1S/C12H14N2/c1-7(2)10-8-3-4-9(10)12-11(8)13-5-6-14-12/h3-4,8-9H,5-6H2,1-2H3. The Balaban J connectivity index is 2.19. The maximum Gasteiger partial charge on any atom is 0.0678 e. The van der Waals surface area contributed by atoms with E-state index in [-0.39, 0.29) is 0 Å². The summed E-state index contributed by atoms with van der Waals surface area (Å²) in [5, 5.41) is 0. The fourth-order valence-corrected chi connectivity index (χ4v) is 2.74. The maximum atomic E-state index is 4.61. The molecule has 0 aromatic rings. The molecule has 3 aliphatic rings. The molecule has 72 valence electrons. The van der Waals surface area contributed by atoms with Crippen molar-refractivity contribution >= 4 is 11.4 Å². The summed E-state index contributed by atoms with van der Waals surface area (Å²) in [6, 6.07) is 0. The molecule has 1 saturated carbocycles. The summed E-state index contributed by atoms with van der Waals surface area (Å²) < 4.78 is 0. The molecule has 0 spiro atoms. The number of allylic oxidation sites excluding steroid dienone is 4. The molecule has 1 heterocycles. The van der Waals surface area contributed by atoms with Crippen molar-refractivity contribution in [2.45, 2.75) is 13.8 Å². The van der Waals surface area contributed by atoms with Crippen LogP contribution in [0, 0.1) is 11.8 Å². The van der Waals surface area contributed by atoms with Gasteiger partial charge in [-0.2, -0.15) is 0 Å². The number of rotatable bonds is 0. The van der Waals surface area contributed by atoms with E-state index in [0.717, 1.165) is 13.1 Å². The van der Waals surface area contributed by atoms with Gasteiger partial charge in [-0.15, -0.1) is 0 Å². The monoisotopic (exact) mass is 186 g/mol. The van der Waals surface area contributed by atoms with Gasteiger partial charge in [0.05, 0.1) is 24.5 Å². The smallest absolute Gasteiger partial charge is 0.0678 e. The molecule has 1 aliphatic heterocycles. The Morgan fingerprint density at radius 1 is 1.07 bits per heavy atom. The molecule has 0 amide bonds. The number of fused-ring (bicyclic) bond motifs is 5. The van der Waals surface area contributed by atoms with E-state index in [1.54, 1.807) is 0 Å². The van der Waals surface area contributed by atoms with Crippen molar-refractivity contribution in [3.63, 3.8) is 0 Å². The first kappa shape index (κ1) is 8.16. The topological polar surface area (TPSA) is 24.7 Å². The normalized spacial score (nSPS) is 32.9. The fraction of sp³-hybridized carbons (Fsp3) is 0.500. The summed E-state index contributed by atoms with van der Waals surface area (Å²) in [6.07, 6.45) is 4.58. The van der Waals surface area contributed by atoms with Crippen LogP contribution >= 0.6 is 0 Å². The molecule has 2 bridgehead atoms. The third kappa shape index (κ3) is 0.861. The van der Waals surface area contributed by atoms with E-state index in [9.17, 15) is 0 Å². The first-order valence-corrected chi connectivity index (χ1v) is 5.23. The Labute approximate surface area is 84.1 Å². The van der Waals surface area contributed by atoms with Crippen LogP contribution in [0.4, 0.5) is 0 Å². The molecule has 2 unspecified atom stereocenters. The van der Waals surface area contributed by atoms with Crippen LogP contribution in [0.2, 0.25) is 0 Å². The lowest BCUT2D eigenvalue weighted by Crippen LogP contribution is -2.23. The second-order valence-corrected chi connectivity index (χ2v) is 4.33. The van der Waals surface area contributed by atoms with E-state index in [0.29, 0.717) is 11.8 Å². The number of nitrogens with zero attached hydrogens (tertiary/aromatic N) is 2. The minimum Gasteiger partial charge on any atom is -0.285 e. The molecule has 2 nitrogen and oxygen atoms in total. The molecule has 3 rings (SSSR count). The summed E-state index contributed by atoms with van der Waals surface area (Å²) in [6.45, 7) is 6.15. The zero-order valence-corrected chi connectivity index (χ0v) is 8.62. The first-order chi connectivity index (χ1) is 6.79. The third-order valence-corrected chi connectivity index (χ3v) is 3.26. The average molecular weight is 186 g/mol. The molecule has 0 aromatic carbocycles. The largest absolute Gasteiger partial charge is 0.285 e. The van der Waals surface area contributed by atoms with Crippen LogP contribution in [-0.4, -0.2) is 24.5 Å². The van der Waals surface area contributed by atoms with Crippen molar-refractivity contribution < 1.29 is 0 Å². The molecule has 1 fully saturated rings. The van der Waals surface area contributed by atoms with E-state index < -0.39 is 0 Å². The SMILES string of the molecule is CC(C)=C1C2C=CC1C1=NCCN=C12. The highest BCUT2D eigenvalue weighted by Gasteiger charge is 2.43. The van der Waals surface area contributed by atoms with E-state index in [1.165, 1.54) is 22.6 Å². The van der Waals surface area contributed by atoms with Gasteiger partial charge in [-0.25, -0.2) is 0 Å². The minimum atomic E-state index is 0.462. The van der Waals surface area contributed by atoms with Gasteiger partial charge < -0.3 is 0 Å². The van der Waals surface area contributed by atoms with Crippen molar-refractivity contribution in [3.05, 3.63) is 23.3 Å². The molecule has 0 radical (unpaired) electrons. The van der Waals surface area contributed by atoms with E-state index in [1.807, 2.05) is 0 Å². The minimum absolute atomic E-state index is 0.462. The van der Waals surface area contributed by atoms with Crippen molar-refractivity contribution in [3.8, 4) is 0 Å². The first-order valence-electron chi connectivity index (χ1n) is 5.23. The van der Waals surface area contributed by atoms with Gasteiger partial charge in [-0.3, -0.25) is 9.98 Å². The number of hydrogen-bond acceptors (Lipinski definition) is 2. The molecule has 2 heteroatoms. The van der Waals surface area contributed by atoms with Crippen LogP contribution in [0.1, 0.15) is 13.8 Å². The molecular formula is C12H14N2. The predicted molar refractivity (Wildman–Crippen MR) is 59.1 cm³/mol. The van der Waals surface area contributed by atoms with Gasteiger partial charge in [0, 0.05) is 11.8 Å². The van der Waals surface area contributed by atoms with Gasteiger partial charge in [0.25, 0.3) is 0 Å². The van der Waals surface area contributed by atoms with Gasteiger partial charge in [0.1, 0.15) is 0 Å². The Bertz CT molecular complexity index is 374. The van der Waals surface area contributed by atoms with Crippen molar-refractivity contribution in [1.82, 2.24) is 0 Å². The molecule has 0 saturated heterocycles. The lowest BCUT2D eigenvalue weighted by Gasteiger charge is -2.13. The third-order valence-electron chi connectivity index (χ3n) is 3.26. The van der Waals surface area contributed by atoms with Crippen LogP contribution in [0.15, 0.2) is 33.3 Å². The van der Waals surface area contributed by atoms with Gasteiger partial charge in [0.15, 0.2) is 0 Å². The lowest BCUT2D eigenvalue weighted by atomic mass is 9.99. The van der Waals surface area contributed by atoms with Crippen LogP contribution < -0.4 is 0 Å². The zero-order chi connectivity index (χ0) is 9.71. The Kier molecular flexibility index (Phi) is 1.55. The summed E-state index contributed by atoms with van der Waals surface area (Å²) in [5.74, 6) is 0.924. The summed E-state index contributed by atoms with van der Waals surface area (Å²) in [5.41, 5.74) is 5.47. The molecule has 0 N–H and O–H groups in total. The van der Waals surface area contributed by atoms with Gasteiger partial charge in [-0.1, -0.05) is 17.7 Å². The highest BCUT2D eigenvalue weighted by molar-refractivity contribution is 6.49. The van der Waals surface area contributed by atoms with Crippen molar-refractivity contribution in [2.24, 2.45) is 21.8 Å². The van der Waals surface area contributed by atoms with E-state index in [4.69, 9.17) is 0 Å². The van der Waals surface area contributed by atoms with Gasteiger partial charge >= 0.3 is 0 Å². The Hall–Kier alpha value is -1.18. The molecule has 0 aromatic heterocycles. The molecular weight excluding hydrogens is 172 g/mol. The number of hydrogen-bond donors (Lipinski definition) is 0. The van der Waals surface area contributed by atoms with Crippen LogP contribution in [-0.2, 0) is 0 Å². The molecule has 14 heavy (non-hydrogen) atoms. The second-order valence-electron chi connectivity index (χ2n) is 4.33. The van der Waals surface area contributed by atoms with E-state index in [2.05, 4.69) is 36.0 Å². The molecule has 2 aliphatic carbocycles. The lowest BCUT2D eigenvalue weighted by molar-refractivity contribution is 0.945.